The molecule has 0 bridgehead atoms. The van der Waals surface area contributed by atoms with Crippen molar-refractivity contribution in [2.24, 2.45) is 0 Å². The smallest absolute Gasteiger partial charge is 0.273 e. The highest BCUT2D eigenvalue weighted by Gasteiger charge is 2.39. The quantitative estimate of drug-likeness (QED) is 0.826. The Kier molecular flexibility index (Phi) is 5.11. The average molecular weight is 355 g/mol. The monoisotopic (exact) mass is 355 g/mol. The van der Waals surface area contributed by atoms with E-state index in [4.69, 9.17) is 0 Å². The molecule has 0 aromatic carbocycles. The topological polar surface area (TPSA) is 108 Å². The average Bonchev–Trinajstić information content (AvgIpc) is 3.03. The zero-order valence-corrected chi connectivity index (χ0v) is 14.6. The van der Waals surface area contributed by atoms with Gasteiger partial charge in [-0.3, -0.25) is 19.6 Å². The van der Waals surface area contributed by atoms with Crippen molar-refractivity contribution in [3.63, 3.8) is 0 Å². The molecule has 8 nitrogen and oxygen atoms in total. The molecular weight excluding hydrogens is 334 g/mol. The molecule has 2 N–H and O–H groups in total. The fraction of sp³-hybridized carbons (Fsp3) is 0.389. The van der Waals surface area contributed by atoms with E-state index in [-0.39, 0.29) is 30.3 Å². The van der Waals surface area contributed by atoms with E-state index < -0.39 is 11.4 Å². The summed E-state index contributed by atoms with van der Waals surface area (Å²) in [5, 5.41) is 12.5. The molecular formula is C18H21N5O3. The van der Waals surface area contributed by atoms with Crippen LogP contribution in [0, 0.1) is 0 Å². The van der Waals surface area contributed by atoms with Gasteiger partial charge in [-0.15, -0.1) is 0 Å². The molecule has 1 aliphatic rings. The van der Waals surface area contributed by atoms with E-state index >= 15 is 0 Å². The highest BCUT2D eigenvalue weighted by molar-refractivity contribution is 5.94. The Bertz CT molecular complexity index is 798. The van der Waals surface area contributed by atoms with Crippen LogP contribution in [0.5, 0.6) is 5.75 Å². The van der Waals surface area contributed by atoms with Gasteiger partial charge in [-0.1, -0.05) is 0 Å². The van der Waals surface area contributed by atoms with Crippen LogP contribution in [0.2, 0.25) is 0 Å². The molecule has 2 aromatic heterocycles. The number of aromatic hydroxyl groups is 1. The molecule has 26 heavy (non-hydrogen) atoms. The summed E-state index contributed by atoms with van der Waals surface area (Å²) in [6, 6.07) is 2.97. The molecule has 1 aliphatic heterocycles. The number of aromatic nitrogens is 3. The Labute approximate surface area is 151 Å². The number of likely N-dealkylation sites (tertiary alicyclic amines) is 1. The summed E-state index contributed by atoms with van der Waals surface area (Å²) in [5.74, 6) is -0.671. The minimum atomic E-state index is -0.487. The zero-order valence-electron chi connectivity index (χ0n) is 14.6. The number of carbonyl (C=O) groups is 2. The molecule has 1 unspecified atom stereocenters. The first kappa shape index (κ1) is 17.8. The SMILES string of the molecule is CC1(CNC(=O)c2ncccc2O)CCCN1C(=O)Cc1cnccn1. The van der Waals surface area contributed by atoms with Crippen LogP contribution in [-0.2, 0) is 11.2 Å². The molecule has 0 radical (unpaired) electrons. The van der Waals surface area contributed by atoms with Crippen molar-refractivity contribution >= 4 is 11.8 Å². The van der Waals surface area contributed by atoms with Crippen LogP contribution >= 0.6 is 0 Å². The van der Waals surface area contributed by atoms with Crippen LogP contribution in [0.15, 0.2) is 36.9 Å². The fourth-order valence-corrected chi connectivity index (χ4v) is 3.23. The Balaban J connectivity index is 1.65. The van der Waals surface area contributed by atoms with Crippen LogP contribution in [0.1, 0.15) is 35.9 Å². The summed E-state index contributed by atoms with van der Waals surface area (Å²) in [6.07, 6.45) is 7.99. The normalized spacial score (nSPS) is 19.3. The van der Waals surface area contributed by atoms with Crippen molar-refractivity contribution in [3.8, 4) is 5.75 Å². The Morgan fingerprint density at radius 2 is 2.15 bits per heavy atom. The molecule has 2 amide bonds. The molecule has 0 spiro atoms. The Hall–Kier alpha value is -3.03. The van der Waals surface area contributed by atoms with Crippen molar-refractivity contribution in [1.29, 1.82) is 0 Å². The summed E-state index contributed by atoms with van der Waals surface area (Å²) in [5.41, 5.74) is 0.111. The summed E-state index contributed by atoms with van der Waals surface area (Å²) >= 11 is 0. The van der Waals surface area contributed by atoms with Gasteiger partial charge in [-0.2, -0.15) is 0 Å². The number of nitrogens with zero attached hydrogens (tertiary/aromatic N) is 4. The van der Waals surface area contributed by atoms with Crippen molar-refractivity contribution < 1.29 is 14.7 Å². The van der Waals surface area contributed by atoms with Crippen LogP contribution in [0.4, 0.5) is 0 Å². The van der Waals surface area contributed by atoms with Crippen LogP contribution in [0.25, 0.3) is 0 Å². The second-order valence-electron chi connectivity index (χ2n) is 6.57. The van der Waals surface area contributed by atoms with Crippen LogP contribution in [-0.4, -0.2) is 55.4 Å². The molecule has 0 saturated carbocycles. The number of hydrogen-bond acceptors (Lipinski definition) is 6. The number of amides is 2. The zero-order chi connectivity index (χ0) is 18.6. The van der Waals surface area contributed by atoms with E-state index in [0.717, 1.165) is 12.8 Å². The van der Waals surface area contributed by atoms with Gasteiger partial charge in [-0.05, 0) is 31.9 Å². The number of hydrogen-bond donors (Lipinski definition) is 2. The second-order valence-corrected chi connectivity index (χ2v) is 6.57. The number of pyridine rings is 1. The predicted octanol–water partition coefficient (Wildman–Crippen LogP) is 0.931. The van der Waals surface area contributed by atoms with Crippen molar-refractivity contribution in [2.75, 3.05) is 13.1 Å². The standard InChI is InChI=1S/C18H21N5O3/c1-18(12-22-17(26)16-14(24)4-2-6-21-16)5-3-9-23(18)15(25)10-13-11-19-7-8-20-13/h2,4,6-8,11,24H,3,5,9-10,12H2,1H3,(H,22,26). The highest BCUT2D eigenvalue weighted by Crippen LogP contribution is 2.29. The van der Waals surface area contributed by atoms with E-state index in [1.165, 1.54) is 12.3 Å². The molecule has 1 atom stereocenters. The first-order valence-electron chi connectivity index (χ1n) is 8.47. The number of nitrogens with one attached hydrogen (secondary N) is 1. The summed E-state index contributed by atoms with van der Waals surface area (Å²) in [6.45, 7) is 2.88. The van der Waals surface area contributed by atoms with Crippen molar-refractivity contribution in [1.82, 2.24) is 25.2 Å². The van der Waals surface area contributed by atoms with Crippen LogP contribution in [0.3, 0.4) is 0 Å². The lowest BCUT2D eigenvalue weighted by atomic mass is 9.98. The first-order valence-corrected chi connectivity index (χ1v) is 8.47. The van der Waals surface area contributed by atoms with Gasteiger partial charge in [0.1, 0.15) is 5.75 Å². The third-order valence-corrected chi connectivity index (χ3v) is 4.63. The lowest BCUT2D eigenvalue weighted by molar-refractivity contribution is -0.134. The second kappa shape index (κ2) is 7.47. The summed E-state index contributed by atoms with van der Waals surface area (Å²) < 4.78 is 0. The van der Waals surface area contributed by atoms with E-state index in [2.05, 4.69) is 20.3 Å². The fourth-order valence-electron chi connectivity index (χ4n) is 3.23. The van der Waals surface area contributed by atoms with Gasteiger partial charge in [0, 0.05) is 37.9 Å². The molecule has 3 heterocycles. The van der Waals surface area contributed by atoms with Gasteiger partial charge < -0.3 is 15.3 Å². The van der Waals surface area contributed by atoms with Crippen molar-refractivity contribution in [3.05, 3.63) is 48.3 Å². The lowest BCUT2D eigenvalue weighted by Crippen LogP contribution is -2.52. The maximum absolute atomic E-state index is 12.7. The Morgan fingerprint density at radius 3 is 2.88 bits per heavy atom. The van der Waals surface area contributed by atoms with E-state index in [1.54, 1.807) is 29.6 Å². The summed E-state index contributed by atoms with van der Waals surface area (Å²) in [7, 11) is 0. The van der Waals surface area contributed by atoms with E-state index in [9.17, 15) is 14.7 Å². The largest absolute Gasteiger partial charge is 0.505 e. The van der Waals surface area contributed by atoms with Crippen molar-refractivity contribution in [2.45, 2.75) is 31.7 Å². The lowest BCUT2D eigenvalue weighted by Gasteiger charge is -2.35. The van der Waals surface area contributed by atoms with Crippen LogP contribution < -0.4 is 5.32 Å². The maximum Gasteiger partial charge on any atom is 0.273 e. The third-order valence-electron chi connectivity index (χ3n) is 4.63. The minimum absolute atomic E-state index is 0.0217. The molecule has 2 aromatic rings. The van der Waals surface area contributed by atoms with Gasteiger partial charge in [-0.25, -0.2) is 4.98 Å². The predicted molar refractivity (Wildman–Crippen MR) is 93.3 cm³/mol. The van der Waals surface area contributed by atoms with Gasteiger partial charge in [0.15, 0.2) is 5.69 Å². The number of rotatable bonds is 5. The summed E-state index contributed by atoms with van der Waals surface area (Å²) in [4.78, 5) is 38.8. The first-order chi connectivity index (χ1) is 12.5. The molecule has 1 saturated heterocycles. The highest BCUT2D eigenvalue weighted by atomic mass is 16.3. The molecule has 8 heteroatoms. The van der Waals surface area contributed by atoms with Gasteiger partial charge in [0.25, 0.3) is 5.91 Å². The number of carbonyl (C=O) groups excluding carboxylic acids is 2. The molecule has 3 rings (SSSR count). The maximum atomic E-state index is 12.7. The minimum Gasteiger partial charge on any atom is -0.505 e. The molecule has 1 fully saturated rings. The third kappa shape index (κ3) is 3.79. The van der Waals surface area contributed by atoms with E-state index in [1.807, 2.05) is 6.92 Å². The van der Waals surface area contributed by atoms with Gasteiger partial charge in [0.05, 0.1) is 17.7 Å². The van der Waals surface area contributed by atoms with Gasteiger partial charge >= 0.3 is 0 Å². The Morgan fingerprint density at radius 1 is 1.31 bits per heavy atom. The molecule has 136 valence electrons. The van der Waals surface area contributed by atoms with Gasteiger partial charge in [0.2, 0.25) is 5.91 Å². The molecule has 0 aliphatic carbocycles. The van der Waals surface area contributed by atoms with E-state index in [0.29, 0.717) is 12.2 Å².